The van der Waals surface area contributed by atoms with Gasteiger partial charge in [-0.3, -0.25) is 9.98 Å². The molecule has 26 heavy (non-hydrogen) atoms. The first-order chi connectivity index (χ1) is 12.6. The molecule has 0 spiro atoms. The lowest BCUT2D eigenvalue weighted by Gasteiger charge is -2.16. The molecular weight excluding hydrogens is 316 g/mol. The van der Waals surface area contributed by atoms with Crippen molar-refractivity contribution in [1.82, 2.24) is 0 Å². The summed E-state index contributed by atoms with van der Waals surface area (Å²) in [6.07, 6.45) is 7.74. The molecule has 2 nitrogen and oxygen atoms in total. The zero-order valence-electron chi connectivity index (χ0n) is 15.5. The van der Waals surface area contributed by atoms with Crippen molar-refractivity contribution in [3.63, 3.8) is 0 Å². The Balaban J connectivity index is 2.22. The summed E-state index contributed by atoms with van der Waals surface area (Å²) >= 11 is 0. The van der Waals surface area contributed by atoms with E-state index in [1.807, 2.05) is 32.5 Å². The van der Waals surface area contributed by atoms with Crippen molar-refractivity contribution in [1.29, 1.82) is 0 Å². The maximum atomic E-state index is 4.39. The number of hydrogen-bond acceptors (Lipinski definition) is 2. The average molecular weight is 340 g/mol. The monoisotopic (exact) mass is 340 g/mol. The first kappa shape index (κ1) is 17.8. The van der Waals surface area contributed by atoms with E-state index in [2.05, 4.69) is 59.5 Å². The van der Waals surface area contributed by atoms with Gasteiger partial charge in [0.1, 0.15) is 0 Å². The molecule has 0 amide bonds. The van der Waals surface area contributed by atoms with Crippen molar-refractivity contribution in [3.05, 3.63) is 84.6 Å². The van der Waals surface area contributed by atoms with Gasteiger partial charge >= 0.3 is 0 Å². The van der Waals surface area contributed by atoms with Crippen LogP contribution in [0.2, 0.25) is 0 Å². The molecule has 2 heteroatoms. The topological polar surface area (TPSA) is 24.7 Å². The van der Waals surface area contributed by atoms with Crippen LogP contribution in [0.5, 0.6) is 0 Å². The second-order valence-corrected chi connectivity index (χ2v) is 6.41. The first-order valence-corrected chi connectivity index (χ1v) is 8.85. The van der Waals surface area contributed by atoms with Gasteiger partial charge in [-0.15, -0.1) is 0 Å². The van der Waals surface area contributed by atoms with Gasteiger partial charge in [-0.25, -0.2) is 0 Å². The van der Waals surface area contributed by atoms with Crippen molar-refractivity contribution in [3.8, 4) is 11.1 Å². The second-order valence-electron chi connectivity index (χ2n) is 6.41. The smallest absolute Gasteiger partial charge is 0.0386 e. The van der Waals surface area contributed by atoms with Crippen molar-refractivity contribution in [2.75, 3.05) is 7.05 Å². The van der Waals surface area contributed by atoms with Crippen LogP contribution in [-0.2, 0) is 0 Å². The van der Waals surface area contributed by atoms with Gasteiger partial charge in [0.15, 0.2) is 0 Å². The van der Waals surface area contributed by atoms with Crippen LogP contribution in [-0.4, -0.2) is 19.0 Å². The number of rotatable bonds is 5. The molecule has 130 valence electrons. The number of hydrogen-bond donors (Lipinski definition) is 0. The maximum absolute atomic E-state index is 4.39. The molecule has 0 N–H and O–H groups in total. The summed E-state index contributed by atoms with van der Waals surface area (Å²) < 4.78 is 0. The Morgan fingerprint density at radius 2 is 1.92 bits per heavy atom. The molecular formula is C24H24N2. The Morgan fingerprint density at radius 3 is 2.62 bits per heavy atom. The Kier molecular flexibility index (Phi) is 5.43. The third-order valence-corrected chi connectivity index (χ3v) is 4.77. The first-order valence-electron chi connectivity index (χ1n) is 8.85. The van der Waals surface area contributed by atoms with E-state index in [1.165, 1.54) is 11.1 Å². The Morgan fingerprint density at radius 1 is 1.15 bits per heavy atom. The largest absolute Gasteiger partial charge is 0.293 e. The summed E-state index contributed by atoms with van der Waals surface area (Å²) in [4.78, 5) is 8.73. The average Bonchev–Trinajstić information content (AvgIpc) is 2.72. The van der Waals surface area contributed by atoms with Crippen LogP contribution in [0.15, 0.2) is 77.9 Å². The number of nitrogens with zero attached hydrogens (tertiary/aromatic N) is 2. The van der Waals surface area contributed by atoms with E-state index in [9.17, 15) is 0 Å². The van der Waals surface area contributed by atoms with Gasteiger partial charge in [0.25, 0.3) is 0 Å². The summed E-state index contributed by atoms with van der Waals surface area (Å²) in [5, 5.41) is 0. The Labute approximate surface area is 156 Å². The molecule has 2 aromatic carbocycles. The third kappa shape index (κ3) is 3.65. The highest BCUT2D eigenvalue weighted by molar-refractivity contribution is 6.01. The Bertz CT molecular complexity index is 942. The van der Waals surface area contributed by atoms with E-state index in [-0.39, 0.29) is 0 Å². The lowest BCUT2D eigenvalue weighted by atomic mass is 9.89. The van der Waals surface area contributed by atoms with Crippen LogP contribution in [0, 0.1) is 0 Å². The molecule has 2 aromatic rings. The number of aliphatic imine (C=N–C) groups is 2. The standard InChI is InChI=1S/C24H24N2/c1-5-17(2)23-10-6-7-11-24(23)22-14-20(18(3)25-4)13-21(15-22)19-9-8-12-26-16-19/h5-7,10-16H,1-2,8-9H2,3-4H3. The number of benzene rings is 2. The fourth-order valence-electron chi connectivity index (χ4n) is 3.15. The fourth-order valence-corrected chi connectivity index (χ4v) is 3.15. The van der Waals surface area contributed by atoms with E-state index >= 15 is 0 Å². The number of allylic oxidation sites excluding steroid dienone is 3. The molecule has 3 rings (SSSR count). The second kappa shape index (κ2) is 7.92. The van der Waals surface area contributed by atoms with Crippen LogP contribution in [0.4, 0.5) is 0 Å². The molecule has 0 atom stereocenters. The molecule has 0 fully saturated rings. The molecule has 0 saturated carbocycles. The van der Waals surface area contributed by atoms with E-state index < -0.39 is 0 Å². The SMILES string of the molecule is C=CC(=C)c1ccccc1-c1cc(C2=CN=CCC2)cc(C(C)=NC)c1. The zero-order chi connectivity index (χ0) is 18.5. The van der Waals surface area contributed by atoms with E-state index in [0.29, 0.717) is 0 Å². The normalized spacial score (nSPS) is 14.1. The van der Waals surface area contributed by atoms with Crippen LogP contribution in [0.3, 0.4) is 0 Å². The van der Waals surface area contributed by atoms with Gasteiger partial charge in [-0.05, 0) is 76.9 Å². The predicted octanol–water partition coefficient (Wildman–Crippen LogP) is 6.20. The minimum Gasteiger partial charge on any atom is -0.293 e. The molecule has 0 unspecified atom stereocenters. The lowest BCUT2D eigenvalue weighted by Crippen LogP contribution is -1.99. The van der Waals surface area contributed by atoms with Gasteiger partial charge in [-0.2, -0.15) is 0 Å². The molecule has 0 bridgehead atoms. The maximum Gasteiger partial charge on any atom is 0.0386 e. The van der Waals surface area contributed by atoms with E-state index in [4.69, 9.17) is 0 Å². The van der Waals surface area contributed by atoms with Gasteiger partial charge in [-0.1, -0.05) is 43.5 Å². The van der Waals surface area contributed by atoms with Crippen LogP contribution in [0.1, 0.15) is 36.5 Å². The molecule has 0 aromatic heterocycles. The van der Waals surface area contributed by atoms with Crippen molar-refractivity contribution in [2.45, 2.75) is 19.8 Å². The van der Waals surface area contributed by atoms with Crippen LogP contribution < -0.4 is 0 Å². The van der Waals surface area contributed by atoms with Gasteiger partial charge in [0.2, 0.25) is 0 Å². The van der Waals surface area contributed by atoms with Crippen molar-refractivity contribution < 1.29 is 0 Å². The lowest BCUT2D eigenvalue weighted by molar-refractivity contribution is 1.10. The molecule has 1 aliphatic rings. The quantitative estimate of drug-likeness (QED) is 0.457. The van der Waals surface area contributed by atoms with E-state index in [0.717, 1.165) is 46.4 Å². The van der Waals surface area contributed by atoms with Crippen LogP contribution >= 0.6 is 0 Å². The van der Waals surface area contributed by atoms with E-state index in [1.54, 1.807) is 6.08 Å². The highest BCUT2D eigenvalue weighted by Crippen LogP contribution is 2.33. The summed E-state index contributed by atoms with van der Waals surface area (Å²) in [5.74, 6) is 0. The highest BCUT2D eigenvalue weighted by atomic mass is 14.7. The summed E-state index contributed by atoms with van der Waals surface area (Å²) in [7, 11) is 1.83. The fraction of sp³-hybridized carbons (Fsp3) is 0.167. The van der Waals surface area contributed by atoms with Gasteiger partial charge in [0, 0.05) is 25.2 Å². The molecule has 0 aliphatic carbocycles. The predicted molar refractivity (Wildman–Crippen MR) is 115 cm³/mol. The van der Waals surface area contributed by atoms with Crippen molar-refractivity contribution >= 4 is 23.1 Å². The Hall–Kier alpha value is -3.00. The van der Waals surface area contributed by atoms with Crippen LogP contribution in [0.25, 0.3) is 22.3 Å². The van der Waals surface area contributed by atoms with Gasteiger partial charge in [0.05, 0.1) is 0 Å². The third-order valence-electron chi connectivity index (χ3n) is 4.77. The zero-order valence-corrected chi connectivity index (χ0v) is 15.5. The minimum absolute atomic E-state index is 0.926. The molecule has 1 aliphatic heterocycles. The molecule has 1 heterocycles. The molecule has 0 radical (unpaired) electrons. The molecule has 0 saturated heterocycles. The summed E-state index contributed by atoms with van der Waals surface area (Å²) in [5.41, 5.74) is 8.97. The minimum atomic E-state index is 0.926. The highest BCUT2D eigenvalue weighted by Gasteiger charge is 2.12. The summed E-state index contributed by atoms with van der Waals surface area (Å²) in [6.45, 7) is 10.1. The van der Waals surface area contributed by atoms with Gasteiger partial charge < -0.3 is 0 Å². The summed E-state index contributed by atoms with van der Waals surface area (Å²) in [6, 6.07) is 15.0. The van der Waals surface area contributed by atoms with Crippen molar-refractivity contribution in [2.24, 2.45) is 9.98 Å².